The first-order valence-electron chi connectivity index (χ1n) is 6.21. The van der Waals surface area contributed by atoms with Crippen LogP contribution in [0.3, 0.4) is 0 Å². The molecule has 1 aromatic heterocycles. The van der Waals surface area contributed by atoms with Crippen molar-refractivity contribution >= 4 is 11.7 Å². The number of nitrogens with zero attached hydrogens (tertiary/aromatic N) is 1. The van der Waals surface area contributed by atoms with Crippen molar-refractivity contribution < 1.29 is 9.53 Å². The van der Waals surface area contributed by atoms with Crippen LogP contribution in [0.2, 0.25) is 0 Å². The Bertz CT molecular complexity index is 546. The molecule has 0 aliphatic heterocycles. The number of rotatable bonds is 5. The van der Waals surface area contributed by atoms with Gasteiger partial charge in [-0.15, -0.1) is 0 Å². The van der Waals surface area contributed by atoms with Gasteiger partial charge in [-0.3, -0.25) is 9.89 Å². The maximum absolute atomic E-state index is 11.6. The highest BCUT2D eigenvalue weighted by Crippen LogP contribution is 2.12. The molecular weight excluding hydrogens is 242 g/mol. The molecule has 1 aromatic carbocycles. The molecule has 5 heteroatoms. The van der Waals surface area contributed by atoms with E-state index in [0.29, 0.717) is 11.6 Å². The van der Waals surface area contributed by atoms with Gasteiger partial charge in [-0.25, -0.2) is 0 Å². The third-order valence-electron chi connectivity index (χ3n) is 2.67. The lowest BCUT2D eigenvalue weighted by Crippen LogP contribution is -2.20. The Morgan fingerprint density at radius 1 is 1.37 bits per heavy atom. The van der Waals surface area contributed by atoms with Crippen molar-refractivity contribution in [1.82, 2.24) is 10.2 Å². The van der Waals surface area contributed by atoms with Crippen LogP contribution in [0.5, 0.6) is 5.75 Å². The Labute approximate surface area is 112 Å². The van der Waals surface area contributed by atoms with E-state index in [0.717, 1.165) is 12.1 Å². The molecule has 0 unspecified atom stereocenters. The summed E-state index contributed by atoms with van der Waals surface area (Å²) in [4.78, 5) is 11.6. The van der Waals surface area contributed by atoms with Crippen LogP contribution in [0.25, 0.3) is 0 Å². The van der Waals surface area contributed by atoms with E-state index in [4.69, 9.17) is 4.74 Å². The summed E-state index contributed by atoms with van der Waals surface area (Å²) in [6.07, 6.45) is 0.985. The van der Waals surface area contributed by atoms with E-state index in [-0.39, 0.29) is 12.5 Å². The molecule has 2 aromatic rings. The fourth-order valence-corrected chi connectivity index (χ4v) is 1.63. The summed E-state index contributed by atoms with van der Waals surface area (Å²) in [5.74, 6) is 0.962. The third kappa shape index (κ3) is 3.84. The number of anilines is 1. The van der Waals surface area contributed by atoms with Gasteiger partial charge >= 0.3 is 0 Å². The van der Waals surface area contributed by atoms with Gasteiger partial charge in [0.2, 0.25) is 0 Å². The topological polar surface area (TPSA) is 67.0 Å². The summed E-state index contributed by atoms with van der Waals surface area (Å²) in [7, 11) is 0. The van der Waals surface area contributed by atoms with Gasteiger partial charge in [0.1, 0.15) is 5.75 Å². The van der Waals surface area contributed by atoms with Crippen molar-refractivity contribution in [2.75, 3.05) is 11.9 Å². The van der Waals surface area contributed by atoms with E-state index in [1.807, 2.05) is 31.2 Å². The number of nitrogens with one attached hydrogen (secondary N) is 2. The van der Waals surface area contributed by atoms with E-state index in [1.54, 1.807) is 6.07 Å². The summed E-state index contributed by atoms with van der Waals surface area (Å²) >= 11 is 0. The fourth-order valence-electron chi connectivity index (χ4n) is 1.63. The second-order valence-corrected chi connectivity index (χ2v) is 4.27. The van der Waals surface area contributed by atoms with Crippen molar-refractivity contribution in [3.05, 3.63) is 41.6 Å². The predicted molar refractivity (Wildman–Crippen MR) is 73.3 cm³/mol. The van der Waals surface area contributed by atoms with Gasteiger partial charge in [0, 0.05) is 11.8 Å². The van der Waals surface area contributed by atoms with Crippen molar-refractivity contribution in [2.24, 2.45) is 0 Å². The van der Waals surface area contributed by atoms with E-state index in [9.17, 15) is 4.79 Å². The lowest BCUT2D eigenvalue weighted by Gasteiger charge is -2.06. The number of hydrogen-bond acceptors (Lipinski definition) is 3. The zero-order valence-corrected chi connectivity index (χ0v) is 11.1. The van der Waals surface area contributed by atoms with Gasteiger partial charge in [0.25, 0.3) is 5.91 Å². The SMILES string of the molecule is CCc1ccc(OCC(=O)Nc2cc(C)[nH]n2)cc1. The highest BCUT2D eigenvalue weighted by atomic mass is 16.5. The second kappa shape index (κ2) is 6.04. The monoisotopic (exact) mass is 259 g/mol. The minimum absolute atomic E-state index is 0.0304. The first-order valence-corrected chi connectivity index (χ1v) is 6.21. The number of amides is 1. The average Bonchev–Trinajstić information content (AvgIpc) is 2.82. The van der Waals surface area contributed by atoms with Crippen LogP contribution in [0.4, 0.5) is 5.82 Å². The Hall–Kier alpha value is -2.30. The smallest absolute Gasteiger partial charge is 0.263 e. The van der Waals surface area contributed by atoms with Crippen LogP contribution in [-0.2, 0) is 11.2 Å². The molecule has 0 aliphatic carbocycles. The molecule has 1 heterocycles. The predicted octanol–water partition coefficient (Wildman–Crippen LogP) is 2.30. The molecule has 0 fully saturated rings. The minimum Gasteiger partial charge on any atom is -0.484 e. The molecular formula is C14H17N3O2. The van der Waals surface area contributed by atoms with Gasteiger partial charge in [0.05, 0.1) is 0 Å². The Kier molecular flexibility index (Phi) is 4.18. The molecule has 0 radical (unpaired) electrons. The van der Waals surface area contributed by atoms with Crippen LogP contribution in [0.1, 0.15) is 18.2 Å². The zero-order chi connectivity index (χ0) is 13.7. The molecule has 0 saturated carbocycles. The Morgan fingerprint density at radius 3 is 2.68 bits per heavy atom. The summed E-state index contributed by atoms with van der Waals surface area (Å²) in [5, 5.41) is 9.33. The molecule has 100 valence electrons. The molecule has 0 aliphatic rings. The van der Waals surface area contributed by atoms with Crippen LogP contribution in [-0.4, -0.2) is 22.7 Å². The summed E-state index contributed by atoms with van der Waals surface area (Å²) in [6, 6.07) is 9.47. The van der Waals surface area contributed by atoms with Crippen molar-refractivity contribution in [3.8, 4) is 5.75 Å². The first-order chi connectivity index (χ1) is 9.17. The fraction of sp³-hybridized carbons (Fsp3) is 0.286. The van der Waals surface area contributed by atoms with Gasteiger partial charge in [-0.2, -0.15) is 5.10 Å². The maximum atomic E-state index is 11.6. The molecule has 2 rings (SSSR count). The lowest BCUT2D eigenvalue weighted by molar-refractivity contribution is -0.118. The number of aromatic nitrogens is 2. The Morgan fingerprint density at radius 2 is 2.11 bits per heavy atom. The van der Waals surface area contributed by atoms with Crippen molar-refractivity contribution in [1.29, 1.82) is 0 Å². The number of aryl methyl sites for hydroxylation is 2. The summed E-state index contributed by atoms with van der Waals surface area (Å²) in [5.41, 5.74) is 2.13. The number of carbonyl (C=O) groups is 1. The average molecular weight is 259 g/mol. The van der Waals surface area contributed by atoms with Crippen LogP contribution in [0, 0.1) is 6.92 Å². The zero-order valence-electron chi connectivity index (χ0n) is 11.1. The Balaban J connectivity index is 1.82. The van der Waals surface area contributed by atoms with E-state index >= 15 is 0 Å². The number of carbonyl (C=O) groups excluding carboxylic acids is 1. The van der Waals surface area contributed by atoms with Gasteiger partial charge < -0.3 is 10.1 Å². The van der Waals surface area contributed by atoms with Crippen LogP contribution < -0.4 is 10.1 Å². The number of H-pyrrole nitrogens is 1. The minimum atomic E-state index is -0.230. The number of hydrogen-bond donors (Lipinski definition) is 2. The second-order valence-electron chi connectivity index (χ2n) is 4.27. The lowest BCUT2D eigenvalue weighted by atomic mass is 10.2. The van der Waals surface area contributed by atoms with Gasteiger partial charge in [0.15, 0.2) is 12.4 Å². The van der Waals surface area contributed by atoms with E-state index in [1.165, 1.54) is 5.56 Å². The van der Waals surface area contributed by atoms with E-state index < -0.39 is 0 Å². The third-order valence-corrected chi connectivity index (χ3v) is 2.67. The van der Waals surface area contributed by atoms with Gasteiger partial charge in [-0.1, -0.05) is 19.1 Å². The number of benzene rings is 1. The van der Waals surface area contributed by atoms with Crippen molar-refractivity contribution in [3.63, 3.8) is 0 Å². The quantitative estimate of drug-likeness (QED) is 0.865. The highest BCUT2D eigenvalue weighted by Gasteiger charge is 2.05. The molecule has 5 nitrogen and oxygen atoms in total. The number of ether oxygens (including phenoxy) is 1. The largest absolute Gasteiger partial charge is 0.484 e. The molecule has 2 N–H and O–H groups in total. The van der Waals surface area contributed by atoms with E-state index in [2.05, 4.69) is 22.4 Å². The van der Waals surface area contributed by atoms with Crippen LogP contribution in [0.15, 0.2) is 30.3 Å². The van der Waals surface area contributed by atoms with Crippen molar-refractivity contribution in [2.45, 2.75) is 20.3 Å². The maximum Gasteiger partial charge on any atom is 0.263 e. The van der Waals surface area contributed by atoms with Gasteiger partial charge in [-0.05, 0) is 31.0 Å². The molecule has 19 heavy (non-hydrogen) atoms. The molecule has 1 amide bonds. The molecule has 0 atom stereocenters. The normalized spacial score (nSPS) is 10.2. The number of aromatic amines is 1. The standard InChI is InChI=1S/C14H17N3O2/c1-3-11-4-6-12(7-5-11)19-9-14(18)15-13-8-10(2)16-17-13/h4-8H,3,9H2,1-2H3,(H2,15,16,17,18). The molecule has 0 saturated heterocycles. The highest BCUT2D eigenvalue weighted by molar-refractivity contribution is 5.90. The summed E-state index contributed by atoms with van der Waals surface area (Å²) in [6.45, 7) is 3.93. The summed E-state index contributed by atoms with van der Waals surface area (Å²) < 4.78 is 5.40. The van der Waals surface area contributed by atoms with Crippen LogP contribution >= 0.6 is 0 Å². The molecule has 0 bridgehead atoms. The first kappa shape index (κ1) is 13.1. The molecule has 0 spiro atoms.